The van der Waals surface area contributed by atoms with Gasteiger partial charge in [0.15, 0.2) is 0 Å². The molecule has 0 spiro atoms. The van der Waals surface area contributed by atoms with Crippen molar-refractivity contribution in [3.8, 4) is 0 Å². The highest BCUT2D eigenvalue weighted by Gasteiger charge is 2.24. The number of hydrogen-bond donors (Lipinski definition) is 2. The summed E-state index contributed by atoms with van der Waals surface area (Å²) < 4.78 is 0. The van der Waals surface area contributed by atoms with Crippen molar-refractivity contribution in [3.05, 3.63) is 18.1 Å². The van der Waals surface area contributed by atoms with E-state index >= 15 is 0 Å². The molecule has 2 heterocycles. The van der Waals surface area contributed by atoms with E-state index in [0.717, 1.165) is 18.5 Å². The van der Waals surface area contributed by atoms with Gasteiger partial charge in [-0.3, -0.25) is 4.98 Å². The first-order valence-corrected chi connectivity index (χ1v) is 5.22. The molecule has 6 heteroatoms. The Labute approximate surface area is 93.1 Å². The Hall–Kier alpha value is -1.85. The number of nitrogens with zero attached hydrogens (tertiary/aromatic N) is 3. The molecule has 6 nitrogen and oxygen atoms in total. The summed E-state index contributed by atoms with van der Waals surface area (Å²) in [4.78, 5) is 20.4. The zero-order valence-corrected chi connectivity index (χ0v) is 8.83. The maximum absolute atomic E-state index is 10.7. The Morgan fingerprint density at radius 1 is 1.38 bits per heavy atom. The van der Waals surface area contributed by atoms with Crippen molar-refractivity contribution in [1.29, 1.82) is 0 Å². The van der Waals surface area contributed by atoms with Crippen LogP contribution in [0.2, 0.25) is 0 Å². The minimum atomic E-state index is -0.846. The average molecular weight is 222 g/mol. The largest absolute Gasteiger partial charge is 0.465 e. The molecule has 1 aliphatic heterocycles. The second-order valence-electron chi connectivity index (χ2n) is 3.91. The maximum atomic E-state index is 10.7. The lowest BCUT2D eigenvalue weighted by molar-refractivity contribution is 0.131. The molecule has 1 aromatic rings. The van der Waals surface area contributed by atoms with E-state index in [-0.39, 0.29) is 0 Å². The molecule has 16 heavy (non-hydrogen) atoms. The third-order valence-corrected chi connectivity index (χ3v) is 2.88. The van der Waals surface area contributed by atoms with Crippen molar-refractivity contribution in [2.75, 3.05) is 18.8 Å². The first-order chi connectivity index (χ1) is 7.66. The molecule has 1 aromatic heterocycles. The topological polar surface area (TPSA) is 92.3 Å². The Morgan fingerprint density at radius 2 is 2.06 bits per heavy atom. The first-order valence-electron chi connectivity index (χ1n) is 5.22. The van der Waals surface area contributed by atoms with Crippen molar-refractivity contribution in [1.82, 2.24) is 14.9 Å². The van der Waals surface area contributed by atoms with Gasteiger partial charge < -0.3 is 15.7 Å². The van der Waals surface area contributed by atoms with Gasteiger partial charge in [0, 0.05) is 19.0 Å². The predicted molar refractivity (Wildman–Crippen MR) is 58.0 cm³/mol. The van der Waals surface area contributed by atoms with Crippen molar-refractivity contribution in [2.24, 2.45) is 0 Å². The summed E-state index contributed by atoms with van der Waals surface area (Å²) in [6.07, 6.45) is 3.97. The van der Waals surface area contributed by atoms with Crippen molar-refractivity contribution in [2.45, 2.75) is 18.8 Å². The number of anilines is 1. The van der Waals surface area contributed by atoms with Crippen LogP contribution in [0.1, 0.15) is 24.5 Å². The molecule has 1 aliphatic rings. The second kappa shape index (κ2) is 4.34. The fourth-order valence-electron chi connectivity index (χ4n) is 1.93. The van der Waals surface area contributed by atoms with Crippen LogP contribution in [0.25, 0.3) is 0 Å². The summed E-state index contributed by atoms with van der Waals surface area (Å²) >= 11 is 0. The summed E-state index contributed by atoms with van der Waals surface area (Å²) in [5.41, 5.74) is 6.36. The lowest BCUT2D eigenvalue weighted by atomic mass is 9.94. The monoisotopic (exact) mass is 222 g/mol. The van der Waals surface area contributed by atoms with E-state index in [1.165, 1.54) is 4.90 Å². The molecule has 0 aromatic carbocycles. The normalized spacial score (nSPS) is 17.4. The Balaban J connectivity index is 1.99. The average Bonchev–Trinajstić information content (AvgIpc) is 2.30. The molecule has 1 saturated heterocycles. The number of carbonyl (C=O) groups is 1. The number of piperidine rings is 1. The Bertz CT molecular complexity index is 371. The van der Waals surface area contributed by atoms with E-state index in [0.29, 0.717) is 24.8 Å². The van der Waals surface area contributed by atoms with Crippen molar-refractivity contribution >= 4 is 11.9 Å². The summed E-state index contributed by atoms with van der Waals surface area (Å²) in [6, 6.07) is 0. The Kier molecular flexibility index (Phi) is 2.89. The fourth-order valence-corrected chi connectivity index (χ4v) is 1.93. The number of amides is 1. The highest BCUT2D eigenvalue weighted by atomic mass is 16.4. The molecule has 0 aliphatic carbocycles. The SMILES string of the molecule is Nc1cnc(C2CCN(C(=O)O)CC2)cn1. The summed E-state index contributed by atoms with van der Waals surface area (Å²) in [7, 11) is 0. The highest BCUT2D eigenvalue weighted by molar-refractivity contribution is 5.65. The lowest BCUT2D eigenvalue weighted by Crippen LogP contribution is -2.36. The molecule has 1 amide bonds. The molecule has 1 fully saturated rings. The maximum Gasteiger partial charge on any atom is 0.407 e. The van der Waals surface area contributed by atoms with Crippen LogP contribution in [0.15, 0.2) is 12.4 Å². The number of nitrogens with two attached hydrogens (primary N) is 1. The van der Waals surface area contributed by atoms with Gasteiger partial charge in [-0.2, -0.15) is 0 Å². The van der Waals surface area contributed by atoms with Crippen LogP contribution >= 0.6 is 0 Å². The van der Waals surface area contributed by atoms with Gasteiger partial charge in [-0.1, -0.05) is 0 Å². The second-order valence-corrected chi connectivity index (χ2v) is 3.91. The van der Waals surface area contributed by atoms with Gasteiger partial charge in [0.2, 0.25) is 0 Å². The molecule has 2 rings (SSSR count). The van der Waals surface area contributed by atoms with Crippen molar-refractivity contribution < 1.29 is 9.90 Å². The van der Waals surface area contributed by atoms with E-state index in [9.17, 15) is 4.79 Å². The molecular formula is C10H14N4O2. The smallest absolute Gasteiger partial charge is 0.407 e. The van der Waals surface area contributed by atoms with Crippen LogP contribution in [0.5, 0.6) is 0 Å². The third-order valence-electron chi connectivity index (χ3n) is 2.88. The van der Waals surface area contributed by atoms with Crippen LogP contribution in [0.3, 0.4) is 0 Å². The molecule has 0 saturated carbocycles. The number of carboxylic acid groups (broad SMARTS) is 1. The predicted octanol–water partition coefficient (Wildman–Crippen LogP) is 0.916. The van der Waals surface area contributed by atoms with Crippen LogP contribution in [0.4, 0.5) is 10.6 Å². The number of hydrogen-bond acceptors (Lipinski definition) is 4. The molecule has 0 bridgehead atoms. The minimum absolute atomic E-state index is 0.295. The Morgan fingerprint density at radius 3 is 2.56 bits per heavy atom. The summed E-state index contributed by atoms with van der Waals surface area (Å²) in [6.45, 7) is 1.12. The number of likely N-dealkylation sites (tertiary alicyclic amines) is 1. The zero-order valence-electron chi connectivity index (χ0n) is 8.83. The molecule has 0 atom stereocenters. The molecule has 86 valence electrons. The standard InChI is InChI=1S/C10H14N4O2/c11-9-6-12-8(5-13-9)7-1-3-14(4-2-7)10(15)16/h5-7H,1-4H2,(H2,11,13)(H,15,16). The van der Waals surface area contributed by atoms with E-state index in [2.05, 4.69) is 9.97 Å². The van der Waals surface area contributed by atoms with Gasteiger partial charge in [-0.05, 0) is 12.8 Å². The van der Waals surface area contributed by atoms with Crippen LogP contribution in [0, 0.1) is 0 Å². The van der Waals surface area contributed by atoms with Crippen LogP contribution < -0.4 is 5.73 Å². The molecular weight excluding hydrogens is 208 g/mol. The van der Waals surface area contributed by atoms with Crippen LogP contribution in [-0.2, 0) is 0 Å². The summed E-state index contributed by atoms with van der Waals surface area (Å²) in [5, 5.41) is 8.81. The highest BCUT2D eigenvalue weighted by Crippen LogP contribution is 2.26. The van der Waals surface area contributed by atoms with Gasteiger partial charge in [0.25, 0.3) is 0 Å². The van der Waals surface area contributed by atoms with E-state index in [4.69, 9.17) is 10.8 Å². The van der Waals surface area contributed by atoms with E-state index < -0.39 is 6.09 Å². The lowest BCUT2D eigenvalue weighted by Gasteiger charge is -2.29. The molecule has 0 unspecified atom stereocenters. The van der Waals surface area contributed by atoms with Crippen molar-refractivity contribution in [3.63, 3.8) is 0 Å². The third kappa shape index (κ3) is 2.21. The minimum Gasteiger partial charge on any atom is -0.465 e. The molecule has 3 N–H and O–H groups in total. The van der Waals surface area contributed by atoms with Gasteiger partial charge in [-0.15, -0.1) is 0 Å². The van der Waals surface area contributed by atoms with Crippen LogP contribution in [-0.4, -0.2) is 39.2 Å². The first kappa shape index (κ1) is 10.7. The van der Waals surface area contributed by atoms with E-state index in [1.807, 2.05) is 0 Å². The van der Waals surface area contributed by atoms with Gasteiger partial charge in [-0.25, -0.2) is 9.78 Å². The van der Waals surface area contributed by atoms with Gasteiger partial charge in [0.1, 0.15) is 5.82 Å². The quantitative estimate of drug-likeness (QED) is 0.737. The fraction of sp³-hybridized carbons (Fsp3) is 0.500. The van der Waals surface area contributed by atoms with E-state index in [1.54, 1.807) is 12.4 Å². The number of nitrogen functional groups attached to an aromatic ring is 1. The van der Waals surface area contributed by atoms with Gasteiger partial charge >= 0.3 is 6.09 Å². The summed E-state index contributed by atoms with van der Waals surface area (Å²) in [5.74, 6) is 0.704. The van der Waals surface area contributed by atoms with Gasteiger partial charge in [0.05, 0.1) is 18.1 Å². The zero-order chi connectivity index (χ0) is 11.5. The molecule has 0 radical (unpaired) electrons. The number of rotatable bonds is 1. The number of aromatic nitrogens is 2.